The van der Waals surface area contributed by atoms with E-state index in [-0.39, 0.29) is 12.2 Å². The number of rotatable bonds is 6. The number of carbonyl (C=O) groups excluding carboxylic acids is 2. The molecule has 0 spiro atoms. The molecule has 2 N–H and O–H groups in total. The third kappa shape index (κ3) is 4.51. The van der Waals surface area contributed by atoms with Crippen LogP contribution in [0.3, 0.4) is 0 Å². The summed E-state index contributed by atoms with van der Waals surface area (Å²) in [7, 11) is 0. The van der Waals surface area contributed by atoms with E-state index in [2.05, 4.69) is 5.32 Å². The first-order chi connectivity index (χ1) is 11.0. The molecule has 0 saturated carbocycles. The lowest BCUT2D eigenvalue weighted by Crippen LogP contribution is -2.20. The number of carboxylic acids is 1. The van der Waals surface area contributed by atoms with Crippen LogP contribution in [0.1, 0.15) is 35.2 Å². The smallest absolute Gasteiger partial charge is 0.311 e. The second kappa shape index (κ2) is 7.35. The fraction of sp³-hybridized carbons (Fsp3) is 0.167. The molecule has 0 fully saturated rings. The topological polar surface area (TPSA) is 83.5 Å². The molecule has 0 aliphatic heterocycles. The maximum Gasteiger partial charge on any atom is 0.311 e. The van der Waals surface area contributed by atoms with Gasteiger partial charge in [-0.05, 0) is 36.8 Å². The highest BCUT2D eigenvalue weighted by atomic mass is 16.4. The van der Waals surface area contributed by atoms with E-state index in [0.717, 1.165) is 0 Å². The van der Waals surface area contributed by atoms with Gasteiger partial charge in [0.25, 0.3) is 0 Å². The van der Waals surface area contributed by atoms with Crippen molar-refractivity contribution < 1.29 is 19.5 Å². The molecule has 0 radical (unpaired) electrons. The van der Waals surface area contributed by atoms with E-state index in [9.17, 15) is 19.5 Å². The van der Waals surface area contributed by atoms with Crippen molar-refractivity contribution in [3.8, 4) is 0 Å². The summed E-state index contributed by atoms with van der Waals surface area (Å²) in [6.45, 7) is 1.46. The van der Waals surface area contributed by atoms with E-state index in [1.807, 2.05) is 0 Å². The molecule has 2 rings (SSSR count). The zero-order valence-corrected chi connectivity index (χ0v) is 12.7. The Labute approximate surface area is 134 Å². The Hall–Kier alpha value is -2.95. The first kappa shape index (κ1) is 16.4. The highest BCUT2D eigenvalue weighted by molar-refractivity contribution is 5.96. The summed E-state index contributed by atoms with van der Waals surface area (Å²) in [6, 6.07) is 15.1. The van der Waals surface area contributed by atoms with Crippen LogP contribution in [0.5, 0.6) is 0 Å². The van der Waals surface area contributed by atoms with Gasteiger partial charge in [0.15, 0.2) is 5.78 Å². The minimum atomic E-state index is -1.04. The van der Waals surface area contributed by atoms with Crippen molar-refractivity contribution in [2.75, 3.05) is 5.32 Å². The van der Waals surface area contributed by atoms with Crippen molar-refractivity contribution in [2.24, 2.45) is 0 Å². The predicted octanol–water partition coefficient (Wildman–Crippen LogP) is 3.09. The quantitative estimate of drug-likeness (QED) is 0.803. The van der Waals surface area contributed by atoms with Crippen molar-refractivity contribution in [3.05, 3.63) is 65.7 Å². The SMILES string of the molecule is CC(=O)c1ccc(NC(=O)CC(C(=O)O)c2ccccc2)cc1. The van der Waals surface area contributed by atoms with E-state index in [1.54, 1.807) is 54.6 Å². The van der Waals surface area contributed by atoms with Gasteiger partial charge >= 0.3 is 5.97 Å². The number of benzene rings is 2. The second-order valence-corrected chi connectivity index (χ2v) is 5.19. The Morgan fingerprint density at radius 2 is 1.61 bits per heavy atom. The first-order valence-electron chi connectivity index (χ1n) is 7.16. The Bertz CT molecular complexity index is 708. The second-order valence-electron chi connectivity index (χ2n) is 5.19. The fourth-order valence-electron chi connectivity index (χ4n) is 2.22. The van der Waals surface area contributed by atoms with Gasteiger partial charge in [-0.25, -0.2) is 0 Å². The number of amides is 1. The molecule has 1 amide bonds. The summed E-state index contributed by atoms with van der Waals surface area (Å²) in [5, 5.41) is 12.0. The summed E-state index contributed by atoms with van der Waals surface area (Å²) >= 11 is 0. The van der Waals surface area contributed by atoms with Gasteiger partial charge in [-0.1, -0.05) is 30.3 Å². The van der Waals surface area contributed by atoms with E-state index < -0.39 is 17.8 Å². The number of Topliss-reactive ketones (excluding diaryl/α,β-unsaturated/α-hetero) is 1. The van der Waals surface area contributed by atoms with Crippen LogP contribution < -0.4 is 5.32 Å². The molecule has 118 valence electrons. The largest absolute Gasteiger partial charge is 0.481 e. The summed E-state index contributed by atoms with van der Waals surface area (Å²) in [5.74, 6) is -2.39. The van der Waals surface area contributed by atoms with Gasteiger partial charge in [0, 0.05) is 17.7 Å². The fourth-order valence-corrected chi connectivity index (χ4v) is 2.22. The van der Waals surface area contributed by atoms with Gasteiger partial charge in [0.1, 0.15) is 0 Å². The number of hydrogen-bond acceptors (Lipinski definition) is 3. The summed E-state index contributed by atoms with van der Waals surface area (Å²) in [6.07, 6.45) is -0.159. The summed E-state index contributed by atoms with van der Waals surface area (Å²) < 4.78 is 0. The molecule has 5 nitrogen and oxygen atoms in total. The standard InChI is InChI=1S/C18H17NO4/c1-12(20)13-7-9-15(10-8-13)19-17(21)11-16(18(22)23)14-5-3-2-4-6-14/h2-10,16H,11H2,1H3,(H,19,21)(H,22,23). The van der Waals surface area contributed by atoms with Gasteiger partial charge in [-0.2, -0.15) is 0 Å². The van der Waals surface area contributed by atoms with Crippen molar-refractivity contribution in [1.29, 1.82) is 0 Å². The minimum Gasteiger partial charge on any atom is -0.481 e. The Balaban J connectivity index is 2.05. The van der Waals surface area contributed by atoms with Crippen molar-refractivity contribution in [3.63, 3.8) is 0 Å². The number of anilines is 1. The van der Waals surface area contributed by atoms with Crippen LogP contribution in [0.25, 0.3) is 0 Å². The van der Waals surface area contributed by atoms with E-state index in [4.69, 9.17) is 0 Å². The number of carboxylic acid groups (broad SMARTS) is 1. The normalized spacial score (nSPS) is 11.5. The predicted molar refractivity (Wildman–Crippen MR) is 86.5 cm³/mol. The molecule has 2 aromatic carbocycles. The van der Waals surface area contributed by atoms with Crippen LogP contribution in [0, 0.1) is 0 Å². The van der Waals surface area contributed by atoms with Crippen LogP contribution in [0.4, 0.5) is 5.69 Å². The summed E-state index contributed by atoms with van der Waals surface area (Å²) in [4.78, 5) is 34.7. The monoisotopic (exact) mass is 311 g/mol. The van der Waals surface area contributed by atoms with Crippen molar-refractivity contribution in [1.82, 2.24) is 0 Å². The maximum atomic E-state index is 12.1. The average Bonchev–Trinajstić information content (AvgIpc) is 2.53. The number of hydrogen-bond donors (Lipinski definition) is 2. The van der Waals surface area contributed by atoms with Crippen LogP contribution in [-0.2, 0) is 9.59 Å². The maximum absolute atomic E-state index is 12.1. The van der Waals surface area contributed by atoms with Crippen molar-refractivity contribution >= 4 is 23.3 Å². The molecule has 1 unspecified atom stereocenters. The third-order valence-electron chi connectivity index (χ3n) is 3.46. The number of nitrogens with one attached hydrogen (secondary N) is 1. The lowest BCUT2D eigenvalue weighted by Gasteiger charge is -2.13. The highest BCUT2D eigenvalue weighted by Crippen LogP contribution is 2.21. The van der Waals surface area contributed by atoms with Gasteiger partial charge < -0.3 is 10.4 Å². The molecule has 0 aromatic heterocycles. The lowest BCUT2D eigenvalue weighted by atomic mass is 9.95. The molecule has 0 heterocycles. The van der Waals surface area contributed by atoms with Crippen LogP contribution in [0.15, 0.2) is 54.6 Å². The number of aliphatic carboxylic acids is 1. The molecule has 1 atom stereocenters. The van der Waals surface area contributed by atoms with E-state index >= 15 is 0 Å². The molecule has 0 saturated heterocycles. The molecule has 2 aromatic rings. The molecule has 0 aliphatic rings. The molecule has 23 heavy (non-hydrogen) atoms. The molecule has 0 bridgehead atoms. The Kier molecular flexibility index (Phi) is 5.25. The number of carbonyl (C=O) groups is 3. The van der Waals surface area contributed by atoms with Crippen LogP contribution >= 0.6 is 0 Å². The Morgan fingerprint density at radius 3 is 2.13 bits per heavy atom. The minimum absolute atomic E-state index is 0.0575. The van der Waals surface area contributed by atoms with Crippen LogP contribution in [0.2, 0.25) is 0 Å². The average molecular weight is 311 g/mol. The zero-order chi connectivity index (χ0) is 16.8. The van der Waals surface area contributed by atoms with Gasteiger partial charge in [0.2, 0.25) is 5.91 Å². The highest BCUT2D eigenvalue weighted by Gasteiger charge is 2.23. The number of ketones is 1. The molecule has 0 aliphatic carbocycles. The Morgan fingerprint density at radius 1 is 1.00 bits per heavy atom. The zero-order valence-electron chi connectivity index (χ0n) is 12.7. The van der Waals surface area contributed by atoms with Crippen LogP contribution in [-0.4, -0.2) is 22.8 Å². The van der Waals surface area contributed by atoms with Gasteiger partial charge in [-0.15, -0.1) is 0 Å². The molecule has 5 heteroatoms. The first-order valence-corrected chi connectivity index (χ1v) is 7.16. The third-order valence-corrected chi connectivity index (χ3v) is 3.46. The summed E-state index contributed by atoms with van der Waals surface area (Å²) in [5.41, 5.74) is 1.66. The van der Waals surface area contributed by atoms with Crippen molar-refractivity contribution in [2.45, 2.75) is 19.3 Å². The van der Waals surface area contributed by atoms with E-state index in [1.165, 1.54) is 6.92 Å². The molecular formula is C18H17NO4. The lowest BCUT2D eigenvalue weighted by molar-refractivity contribution is -0.140. The van der Waals surface area contributed by atoms with Gasteiger partial charge in [-0.3, -0.25) is 14.4 Å². The molecular weight excluding hydrogens is 294 g/mol. The van der Waals surface area contributed by atoms with E-state index in [0.29, 0.717) is 16.8 Å². The van der Waals surface area contributed by atoms with Gasteiger partial charge in [0.05, 0.1) is 5.92 Å².